The zero-order valence-electron chi connectivity index (χ0n) is 29.9. The maximum atomic E-state index is 2.52. The highest BCUT2D eigenvalue weighted by atomic mass is 32.1. The Kier molecular flexibility index (Phi) is 6.49. The molecular weight excluding hydrogens is 683 g/mol. The van der Waals surface area contributed by atoms with E-state index < -0.39 is 0 Å². The van der Waals surface area contributed by atoms with Crippen molar-refractivity contribution in [3.63, 3.8) is 0 Å². The Morgan fingerprint density at radius 2 is 0.818 bits per heavy atom. The summed E-state index contributed by atoms with van der Waals surface area (Å²) < 4.78 is 2.61. The first-order valence-electron chi connectivity index (χ1n) is 19.0. The Bertz CT molecular complexity index is 3050. The molecule has 55 heavy (non-hydrogen) atoms. The van der Waals surface area contributed by atoms with Crippen molar-refractivity contribution in [1.29, 1.82) is 0 Å². The lowest BCUT2D eigenvalue weighted by Crippen LogP contribution is -2.25. The van der Waals surface area contributed by atoms with Crippen LogP contribution in [0.25, 0.3) is 64.3 Å². The zero-order chi connectivity index (χ0) is 36.1. The van der Waals surface area contributed by atoms with E-state index in [4.69, 9.17) is 0 Å². The first-order valence-corrected chi connectivity index (χ1v) is 19.8. The molecule has 9 aromatic carbocycles. The van der Waals surface area contributed by atoms with Crippen molar-refractivity contribution in [2.45, 2.75) is 5.41 Å². The fourth-order valence-electron chi connectivity index (χ4n) is 9.86. The molecule has 2 heteroatoms. The number of hydrogen-bond donors (Lipinski definition) is 0. The van der Waals surface area contributed by atoms with Crippen molar-refractivity contribution < 1.29 is 0 Å². The molecule has 1 spiro atoms. The van der Waals surface area contributed by atoms with Gasteiger partial charge in [0.15, 0.2) is 0 Å². The van der Waals surface area contributed by atoms with Crippen LogP contribution < -0.4 is 4.90 Å². The van der Waals surface area contributed by atoms with Gasteiger partial charge in [-0.05, 0) is 103 Å². The van der Waals surface area contributed by atoms with Gasteiger partial charge in [-0.3, -0.25) is 0 Å². The highest BCUT2D eigenvalue weighted by Crippen LogP contribution is 2.63. The van der Waals surface area contributed by atoms with Crippen molar-refractivity contribution in [3.05, 3.63) is 222 Å². The van der Waals surface area contributed by atoms with E-state index in [-0.39, 0.29) is 5.41 Å². The second-order valence-electron chi connectivity index (χ2n) is 14.8. The summed E-state index contributed by atoms with van der Waals surface area (Å²) in [6, 6.07) is 74.3. The number of benzene rings is 9. The molecule has 1 heterocycles. The van der Waals surface area contributed by atoms with Gasteiger partial charge in [-0.1, -0.05) is 158 Å². The number of para-hydroxylation sites is 2. The van der Waals surface area contributed by atoms with E-state index >= 15 is 0 Å². The van der Waals surface area contributed by atoms with Gasteiger partial charge in [-0.2, -0.15) is 0 Å². The van der Waals surface area contributed by atoms with Crippen LogP contribution in [0.5, 0.6) is 0 Å². The fraction of sp³-hybridized carbons (Fsp3) is 0.0189. The van der Waals surface area contributed by atoms with Crippen LogP contribution >= 0.6 is 11.3 Å². The van der Waals surface area contributed by atoms with Crippen LogP contribution in [-0.4, -0.2) is 0 Å². The molecule has 0 saturated carbocycles. The third kappa shape index (κ3) is 4.18. The number of anilines is 3. The quantitative estimate of drug-likeness (QED) is 0.175. The maximum Gasteiger partial charge on any atom is 0.0725 e. The number of rotatable bonds is 4. The van der Waals surface area contributed by atoms with Gasteiger partial charge in [-0.15, -0.1) is 11.3 Å². The van der Waals surface area contributed by atoms with Crippen LogP contribution in [0.15, 0.2) is 200 Å². The van der Waals surface area contributed by atoms with Gasteiger partial charge in [0.1, 0.15) is 0 Å². The minimum atomic E-state index is -0.378. The maximum absolute atomic E-state index is 2.52. The largest absolute Gasteiger partial charge is 0.309 e. The van der Waals surface area contributed by atoms with E-state index in [1.807, 2.05) is 11.3 Å². The molecule has 12 rings (SSSR count). The first-order chi connectivity index (χ1) is 27.3. The normalized spacial score (nSPS) is 13.2. The average Bonchev–Trinajstić information content (AvgIpc) is 3.89. The van der Waals surface area contributed by atoms with Crippen molar-refractivity contribution >= 4 is 59.3 Å². The summed E-state index contributed by atoms with van der Waals surface area (Å²) in [6.07, 6.45) is 0. The lowest BCUT2D eigenvalue weighted by atomic mass is 9.70. The molecule has 1 aromatic heterocycles. The Morgan fingerprint density at radius 3 is 1.44 bits per heavy atom. The number of fused-ring (bicyclic) bond motifs is 15. The summed E-state index contributed by atoms with van der Waals surface area (Å²) >= 11 is 1.91. The molecule has 0 fully saturated rings. The molecule has 0 amide bonds. The topological polar surface area (TPSA) is 3.24 Å². The van der Waals surface area contributed by atoms with Crippen molar-refractivity contribution in [2.24, 2.45) is 0 Å². The molecule has 0 aliphatic heterocycles. The molecule has 0 N–H and O–H groups in total. The lowest BCUT2D eigenvalue weighted by molar-refractivity contribution is 0.794. The number of nitrogens with zero attached hydrogens (tertiary/aromatic N) is 1. The summed E-state index contributed by atoms with van der Waals surface area (Å²) in [5.74, 6) is 0. The van der Waals surface area contributed by atoms with Crippen molar-refractivity contribution in [3.8, 4) is 33.4 Å². The fourth-order valence-corrected chi connectivity index (χ4v) is 11.2. The van der Waals surface area contributed by atoms with Crippen LogP contribution in [0.3, 0.4) is 0 Å². The standard InChI is InChI=1S/C53H33NS/c1-3-16-35(17-4-1)54(36-18-5-2-6-19-36)50-29-15-25-43-45-33-44(37-20-7-8-24-42(37)51(45)55-52(43)50)34-30-31-41-40-23-11-14-28-48(40)53(49(41)32-34)46-26-12-9-21-38(46)39-22-10-13-27-47(39)53/h1-33H. The van der Waals surface area contributed by atoms with E-state index in [1.54, 1.807) is 0 Å². The summed E-state index contributed by atoms with van der Waals surface area (Å²) in [6.45, 7) is 0. The Balaban J connectivity index is 1.12. The second kappa shape index (κ2) is 11.6. The molecule has 2 aliphatic rings. The van der Waals surface area contributed by atoms with Gasteiger partial charge >= 0.3 is 0 Å². The van der Waals surface area contributed by atoms with Crippen LogP contribution in [0.1, 0.15) is 22.3 Å². The van der Waals surface area contributed by atoms with E-state index in [2.05, 4.69) is 205 Å². The molecular formula is C53H33NS. The Morgan fingerprint density at radius 1 is 0.327 bits per heavy atom. The first kappa shape index (κ1) is 30.7. The highest BCUT2D eigenvalue weighted by Gasteiger charge is 2.51. The van der Waals surface area contributed by atoms with Crippen molar-refractivity contribution in [1.82, 2.24) is 0 Å². The monoisotopic (exact) mass is 715 g/mol. The third-order valence-corrected chi connectivity index (χ3v) is 13.3. The Hall–Kier alpha value is -6.74. The molecule has 0 bridgehead atoms. The molecule has 0 radical (unpaired) electrons. The predicted molar refractivity (Wildman–Crippen MR) is 233 cm³/mol. The van der Waals surface area contributed by atoms with E-state index in [9.17, 15) is 0 Å². The van der Waals surface area contributed by atoms with Crippen LogP contribution in [-0.2, 0) is 5.41 Å². The van der Waals surface area contributed by atoms with Crippen LogP contribution in [0.2, 0.25) is 0 Å². The van der Waals surface area contributed by atoms with Gasteiger partial charge in [-0.25, -0.2) is 0 Å². The molecule has 0 unspecified atom stereocenters. The van der Waals surface area contributed by atoms with E-state index in [1.165, 1.54) is 92.3 Å². The van der Waals surface area contributed by atoms with Crippen LogP contribution in [0, 0.1) is 0 Å². The average molecular weight is 716 g/mol. The predicted octanol–water partition coefficient (Wildman–Crippen LogP) is 14.7. The minimum absolute atomic E-state index is 0.378. The number of hydrogen-bond acceptors (Lipinski definition) is 2. The van der Waals surface area contributed by atoms with Crippen molar-refractivity contribution in [2.75, 3.05) is 4.90 Å². The zero-order valence-corrected chi connectivity index (χ0v) is 30.7. The SMILES string of the molecule is c1ccc(N(c2ccccc2)c2cccc3c2sc2c4ccccc4c(-c4ccc5c(c4)C4(c6ccccc6-c6ccccc64)c4ccccc4-5)cc32)cc1. The van der Waals surface area contributed by atoms with Gasteiger partial charge in [0.05, 0.1) is 15.8 Å². The van der Waals surface area contributed by atoms with Gasteiger partial charge in [0.25, 0.3) is 0 Å². The third-order valence-electron chi connectivity index (χ3n) is 12.1. The van der Waals surface area contributed by atoms with Crippen LogP contribution in [0.4, 0.5) is 17.1 Å². The van der Waals surface area contributed by atoms with Gasteiger partial charge in [0, 0.05) is 32.2 Å². The molecule has 10 aromatic rings. The molecule has 0 atom stereocenters. The molecule has 1 nitrogen and oxygen atoms in total. The van der Waals surface area contributed by atoms with Gasteiger partial charge in [0.2, 0.25) is 0 Å². The van der Waals surface area contributed by atoms with E-state index in [0.717, 1.165) is 11.4 Å². The molecule has 256 valence electrons. The second-order valence-corrected chi connectivity index (χ2v) is 15.8. The number of thiophene rings is 1. The molecule has 0 saturated heterocycles. The smallest absolute Gasteiger partial charge is 0.0725 e. The van der Waals surface area contributed by atoms with E-state index in [0.29, 0.717) is 0 Å². The summed E-state index contributed by atoms with van der Waals surface area (Å²) in [5, 5.41) is 5.16. The lowest BCUT2D eigenvalue weighted by Gasteiger charge is -2.30. The summed E-state index contributed by atoms with van der Waals surface area (Å²) in [4.78, 5) is 2.40. The Labute approximate surface area is 324 Å². The summed E-state index contributed by atoms with van der Waals surface area (Å²) in [7, 11) is 0. The highest BCUT2D eigenvalue weighted by molar-refractivity contribution is 7.27. The minimum Gasteiger partial charge on any atom is -0.309 e. The van der Waals surface area contributed by atoms with Gasteiger partial charge < -0.3 is 4.90 Å². The molecule has 2 aliphatic carbocycles. The summed E-state index contributed by atoms with van der Waals surface area (Å²) in [5.41, 5.74) is 16.4.